The molecular formula is C28H32N6O3S. The van der Waals surface area contributed by atoms with Gasteiger partial charge in [-0.3, -0.25) is 9.59 Å². The van der Waals surface area contributed by atoms with Gasteiger partial charge >= 0.3 is 6.03 Å². The highest BCUT2D eigenvalue weighted by Crippen LogP contribution is 2.41. The third-order valence-electron chi connectivity index (χ3n) is 8.24. The minimum Gasteiger partial charge on any atom is -0.335 e. The van der Waals surface area contributed by atoms with Crippen molar-refractivity contribution in [2.24, 2.45) is 5.41 Å². The number of likely N-dealkylation sites (tertiary alicyclic amines) is 2. The Morgan fingerprint density at radius 1 is 1.08 bits per heavy atom. The zero-order valence-electron chi connectivity index (χ0n) is 21.4. The number of aromatic nitrogens is 2. The van der Waals surface area contributed by atoms with E-state index < -0.39 is 5.41 Å². The molecule has 6 rings (SSSR count). The predicted octanol–water partition coefficient (Wildman–Crippen LogP) is 3.36. The van der Waals surface area contributed by atoms with Gasteiger partial charge in [0, 0.05) is 69.5 Å². The minimum absolute atomic E-state index is 0.000554. The summed E-state index contributed by atoms with van der Waals surface area (Å²) in [5.41, 5.74) is 2.63. The van der Waals surface area contributed by atoms with E-state index in [-0.39, 0.29) is 17.8 Å². The van der Waals surface area contributed by atoms with E-state index in [1.165, 1.54) is 5.57 Å². The Hall–Kier alpha value is -3.53. The van der Waals surface area contributed by atoms with Gasteiger partial charge < -0.3 is 20.0 Å². The fourth-order valence-electron chi connectivity index (χ4n) is 5.67. The van der Waals surface area contributed by atoms with Crippen LogP contribution < -0.4 is 5.32 Å². The summed E-state index contributed by atoms with van der Waals surface area (Å²) >= 11 is 1.66. The van der Waals surface area contributed by atoms with Crippen LogP contribution in [0.4, 0.5) is 10.6 Å². The molecule has 2 fully saturated rings. The van der Waals surface area contributed by atoms with Crippen LogP contribution in [0, 0.1) is 5.41 Å². The zero-order chi connectivity index (χ0) is 26.1. The lowest BCUT2D eigenvalue weighted by Gasteiger charge is -2.45. The van der Waals surface area contributed by atoms with Gasteiger partial charge in [0.15, 0.2) is 0 Å². The van der Waals surface area contributed by atoms with Crippen LogP contribution in [-0.4, -0.2) is 81.8 Å². The van der Waals surface area contributed by atoms with Crippen LogP contribution >= 0.6 is 11.3 Å². The van der Waals surface area contributed by atoms with Crippen LogP contribution in [0.3, 0.4) is 0 Å². The van der Waals surface area contributed by atoms with Crippen LogP contribution in [0.2, 0.25) is 0 Å². The summed E-state index contributed by atoms with van der Waals surface area (Å²) in [5.74, 6) is 0.577. The van der Waals surface area contributed by atoms with Crippen LogP contribution in [0.25, 0.3) is 6.08 Å². The van der Waals surface area contributed by atoms with Crippen molar-refractivity contribution in [2.45, 2.75) is 38.5 Å². The van der Waals surface area contributed by atoms with Crippen LogP contribution in [0.1, 0.15) is 41.8 Å². The Morgan fingerprint density at radius 3 is 2.58 bits per heavy atom. The molecule has 0 unspecified atom stereocenters. The first-order chi connectivity index (χ1) is 18.5. The molecule has 4 aliphatic heterocycles. The number of pyridine rings is 1. The normalized spacial score (nSPS) is 20.7. The topological polar surface area (TPSA) is 98.7 Å². The van der Waals surface area contributed by atoms with Gasteiger partial charge in [-0.1, -0.05) is 11.6 Å². The molecule has 0 bridgehead atoms. The summed E-state index contributed by atoms with van der Waals surface area (Å²) in [7, 11) is 0. The Balaban J connectivity index is 1.07. The first-order valence-electron chi connectivity index (χ1n) is 13.4. The van der Waals surface area contributed by atoms with Crippen molar-refractivity contribution in [3.8, 4) is 0 Å². The SMILES string of the molecule is O=C(/C=C/c1cnc2c(c1)CC1(CCN(C(=O)N3CCC3)CC1)C(=O)N2)N1CC=C(Cc2nccs2)CC1. The van der Waals surface area contributed by atoms with Gasteiger partial charge in [0.05, 0.1) is 10.4 Å². The Bertz CT molecular complexity index is 1290. The molecule has 0 aliphatic carbocycles. The van der Waals surface area contributed by atoms with E-state index >= 15 is 0 Å². The summed E-state index contributed by atoms with van der Waals surface area (Å²) in [4.78, 5) is 52.9. The van der Waals surface area contributed by atoms with Crippen molar-refractivity contribution >= 4 is 41.1 Å². The van der Waals surface area contributed by atoms with Crippen molar-refractivity contribution in [3.63, 3.8) is 0 Å². The number of anilines is 1. The van der Waals surface area contributed by atoms with E-state index in [1.54, 1.807) is 23.6 Å². The molecule has 4 amide bonds. The van der Waals surface area contributed by atoms with E-state index in [4.69, 9.17) is 0 Å². The van der Waals surface area contributed by atoms with Crippen molar-refractivity contribution in [3.05, 3.63) is 57.7 Å². The van der Waals surface area contributed by atoms with Crippen molar-refractivity contribution in [1.29, 1.82) is 0 Å². The van der Waals surface area contributed by atoms with Gasteiger partial charge in [0.2, 0.25) is 11.8 Å². The van der Waals surface area contributed by atoms with Crippen LogP contribution in [0.15, 0.2) is 41.6 Å². The van der Waals surface area contributed by atoms with E-state index in [0.717, 1.165) is 48.5 Å². The first-order valence-corrected chi connectivity index (χ1v) is 14.2. The Kier molecular flexibility index (Phi) is 6.73. The molecule has 9 nitrogen and oxygen atoms in total. The average molecular weight is 533 g/mol. The van der Waals surface area contributed by atoms with Gasteiger partial charge in [0.1, 0.15) is 5.82 Å². The van der Waals surface area contributed by atoms with Gasteiger partial charge in [-0.2, -0.15) is 0 Å². The summed E-state index contributed by atoms with van der Waals surface area (Å²) in [6.07, 6.45) is 13.8. The molecule has 0 atom stereocenters. The summed E-state index contributed by atoms with van der Waals surface area (Å²) in [6.45, 7) is 4.17. The maximum atomic E-state index is 13.1. The fraction of sp³-hybridized carbons (Fsp3) is 0.464. The Labute approximate surface area is 226 Å². The number of amides is 4. The average Bonchev–Trinajstić information content (AvgIpc) is 3.41. The van der Waals surface area contributed by atoms with E-state index in [2.05, 4.69) is 21.4 Å². The number of nitrogens with one attached hydrogen (secondary N) is 1. The van der Waals surface area contributed by atoms with Crippen molar-refractivity contribution in [1.82, 2.24) is 24.7 Å². The van der Waals surface area contributed by atoms with E-state index in [0.29, 0.717) is 51.3 Å². The van der Waals surface area contributed by atoms with Gasteiger partial charge in [-0.25, -0.2) is 14.8 Å². The molecule has 2 saturated heterocycles. The highest BCUT2D eigenvalue weighted by molar-refractivity contribution is 7.09. The molecule has 4 aliphatic rings. The number of thiazole rings is 1. The molecule has 2 aromatic rings. The molecule has 6 heterocycles. The fourth-order valence-corrected chi connectivity index (χ4v) is 6.34. The number of nitrogens with zero attached hydrogens (tertiary/aromatic N) is 5. The number of urea groups is 1. The van der Waals surface area contributed by atoms with Crippen LogP contribution in [-0.2, 0) is 22.4 Å². The van der Waals surface area contributed by atoms with Crippen molar-refractivity contribution in [2.75, 3.05) is 44.6 Å². The summed E-state index contributed by atoms with van der Waals surface area (Å²) < 4.78 is 0. The number of carbonyl (C=O) groups excluding carboxylic acids is 3. The maximum absolute atomic E-state index is 13.1. The number of hydrogen-bond acceptors (Lipinski definition) is 6. The third kappa shape index (κ3) is 4.97. The molecule has 2 aromatic heterocycles. The first kappa shape index (κ1) is 24.8. The zero-order valence-corrected chi connectivity index (χ0v) is 22.2. The largest absolute Gasteiger partial charge is 0.335 e. The van der Waals surface area contributed by atoms with Crippen LogP contribution in [0.5, 0.6) is 0 Å². The monoisotopic (exact) mass is 532 g/mol. The lowest BCUT2D eigenvalue weighted by atomic mass is 9.71. The summed E-state index contributed by atoms with van der Waals surface area (Å²) in [6, 6.07) is 2.12. The summed E-state index contributed by atoms with van der Waals surface area (Å²) in [5, 5.41) is 6.10. The number of fused-ring (bicyclic) bond motifs is 1. The molecule has 10 heteroatoms. The number of piperidine rings is 1. The van der Waals surface area contributed by atoms with Crippen molar-refractivity contribution < 1.29 is 14.4 Å². The quantitative estimate of drug-likeness (QED) is 0.481. The number of carbonyl (C=O) groups is 3. The molecule has 1 spiro atoms. The second-order valence-corrected chi connectivity index (χ2v) is 11.6. The Morgan fingerprint density at radius 2 is 1.89 bits per heavy atom. The van der Waals surface area contributed by atoms with Gasteiger partial charge in [-0.05, 0) is 55.4 Å². The second-order valence-electron chi connectivity index (χ2n) is 10.6. The minimum atomic E-state index is -0.519. The van der Waals surface area contributed by atoms with E-state index in [9.17, 15) is 14.4 Å². The highest BCUT2D eigenvalue weighted by atomic mass is 32.1. The lowest BCUT2D eigenvalue weighted by molar-refractivity contribution is -0.128. The number of hydrogen-bond donors (Lipinski definition) is 1. The molecule has 0 saturated carbocycles. The molecule has 0 aromatic carbocycles. The predicted molar refractivity (Wildman–Crippen MR) is 146 cm³/mol. The number of rotatable bonds is 4. The molecular weight excluding hydrogens is 500 g/mol. The second kappa shape index (κ2) is 10.3. The highest BCUT2D eigenvalue weighted by Gasteiger charge is 2.46. The molecule has 0 radical (unpaired) electrons. The molecule has 198 valence electrons. The van der Waals surface area contributed by atoms with Gasteiger partial charge in [-0.15, -0.1) is 11.3 Å². The smallest absolute Gasteiger partial charge is 0.320 e. The maximum Gasteiger partial charge on any atom is 0.320 e. The van der Waals surface area contributed by atoms with Gasteiger partial charge in [0.25, 0.3) is 0 Å². The molecule has 1 N–H and O–H groups in total. The lowest BCUT2D eigenvalue weighted by Crippen LogP contribution is -2.55. The third-order valence-corrected chi connectivity index (χ3v) is 9.02. The standard InChI is InChI=1S/C28H32N6O3S/c35-24(32-11-4-20(5-12-32)17-23-29-8-15-38-23)3-2-21-16-22-18-28(26(36)31-25(22)30-19-21)6-13-34(14-7-28)27(37)33-9-1-10-33/h2-4,8,15-16,19H,1,5-7,9-14,17-18H2,(H,30,31,36)/b3-2+. The molecule has 38 heavy (non-hydrogen) atoms. The van der Waals surface area contributed by atoms with E-state index in [1.807, 2.05) is 38.4 Å².